The lowest BCUT2D eigenvalue weighted by Gasteiger charge is -2.15. The molecule has 0 aliphatic heterocycles. The van der Waals surface area contributed by atoms with Crippen molar-refractivity contribution in [3.05, 3.63) is 42.6 Å². The number of fused-ring (bicyclic) bond motifs is 1. The maximum absolute atomic E-state index is 5.69. The lowest BCUT2D eigenvalue weighted by Crippen LogP contribution is -2.07. The third-order valence-corrected chi connectivity index (χ3v) is 5.16. The summed E-state index contributed by atoms with van der Waals surface area (Å²) < 4.78 is 5.31. The van der Waals surface area contributed by atoms with Gasteiger partial charge in [0.2, 0.25) is 0 Å². The van der Waals surface area contributed by atoms with E-state index >= 15 is 0 Å². The van der Waals surface area contributed by atoms with E-state index in [0.717, 1.165) is 28.1 Å². The van der Waals surface area contributed by atoms with Crippen LogP contribution in [0, 0.1) is 5.92 Å². The number of nitrogen functional groups attached to an aromatic ring is 1. The molecule has 4 rings (SSSR count). The van der Waals surface area contributed by atoms with Gasteiger partial charge in [-0.1, -0.05) is 51.2 Å². The van der Waals surface area contributed by atoms with Crippen molar-refractivity contribution in [3.63, 3.8) is 0 Å². The Morgan fingerprint density at radius 3 is 2.45 bits per heavy atom. The van der Waals surface area contributed by atoms with Gasteiger partial charge >= 0.3 is 0 Å². The van der Waals surface area contributed by atoms with E-state index in [0.29, 0.717) is 17.3 Å². The summed E-state index contributed by atoms with van der Waals surface area (Å²) in [5.41, 5.74) is 15.2. The van der Waals surface area contributed by atoms with Crippen LogP contribution in [0.1, 0.15) is 39.0 Å². The smallest absolute Gasteiger partial charge is 0.146 e. The first-order chi connectivity index (χ1) is 14.1. The molecule has 1 fully saturated rings. The van der Waals surface area contributed by atoms with Crippen molar-refractivity contribution >= 4 is 29.3 Å². The quantitative estimate of drug-likeness (QED) is 0.476. The van der Waals surface area contributed by atoms with Gasteiger partial charge in [-0.05, 0) is 48.0 Å². The van der Waals surface area contributed by atoms with E-state index in [1.807, 2.05) is 36.4 Å². The highest BCUT2D eigenvalue weighted by Gasteiger charge is 2.07. The number of hydrogen-bond acceptors (Lipinski definition) is 6. The summed E-state index contributed by atoms with van der Waals surface area (Å²) in [5, 5.41) is 0. The Bertz CT molecular complexity index is 967. The number of anilines is 1. The zero-order valence-electron chi connectivity index (χ0n) is 17.0. The number of ether oxygens (including phenoxy) is 1. The van der Waals surface area contributed by atoms with Crippen molar-refractivity contribution in [3.8, 4) is 16.9 Å². The second kappa shape index (κ2) is 9.98. The molecule has 6 heteroatoms. The van der Waals surface area contributed by atoms with E-state index in [4.69, 9.17) is 16.2 Å². The molecule has 1 heterocycles. The van der Waals surface area contributed by atoms with Gasteiger partial charge in [-0.3, -0.25) is 15.7 Å². The van der Waals surface area contributed by atoms with Crippen LogP contribution in [0.2, 0.25) is 0 Å². The fourth-order valence-electron chi connectivity index (χ4n) is 3.54. The van der Waals surface area contributed by atoms with Gasteiger partial charge in [0.05, 0.1) is 17.2 Å². The molecule has 3 aromatic rings. The van der Waals surface area contributed by atoms with E-state index in [9.17, 15) is 0 Å². The highest BCUT2D eigenvalue weighted by Crippen LogP contribution is 2.33. The second-order valence-corrected chi connectivity index (χ2v) is 7.39. The minimum atomic E-state index is 0.0900. The van der Waals surface area contributed by atoms with Crippen LogP contribution in [0.4, 0.5) is 11.5 Å². The summed E-state index contributed by atoms with van der Waals surface area (Å²) >= 11 is 0. The molecule has 152 valence electrons. The average molecular weight is 392 g/mol. The Morgan fingerprint density at radius 2 is 1.79 bits per heavy atom. The van der Waals surface area contributed by atoms with Gasteiger partial charge in [0.1, 0.15) is 24.0 Å². The van der Waals surface area contributed by atoms with E-state index in [1.54, 1.807) is 6.20 Å². The van der Waals surface area contributed by atoms with Crippen molar-refractivity contribution in [1.29, 1.82) is 0 Å². The summed E-state index contributed by atoms with van der Waals surface area (Å²) in [7, 11) is 0. The van der Waals surface area contributed by atoms with Crippen LogP contribution in [0.3, 0.4) is 0 Å². The molecule has 4 N–H and O–H groups in total. The van der Waals surface area contributed by atoms with Crippen LogP contribution in [0.25, 0.3) is 22.2 Å². The lowest BCUT2D eigenvalue weighted by atomic mass is 9.91. The number of rotatable bonds is 4. The molecule has 0 bridgehead atoms. The van der Waals surface area contributed by atoms with Gasteiger partial charge in [0, 0.05) is 0 Å². The molecule has 0 saturated heterocycles. The first-order valence-corrected chi connectivity index (χ1v) is 10.1. The molecule has 1 aliphatic rings. The Labute approximate surface area is 172 Å². The summed E-state index contributed by atoms with van der Waals surface area (Å²) in [5.74, 6) is 2.03. The first-order valence-electron chi connectivity index (χ1n) is 10.1. The van der Waals surface area contributed by atoms with Crippen LogP contribution in [-0.4, -0.2) is 23.4 Å². The molecule has 1 aliphatic carbocycles. The van der Waals surface area contributed by atoms with Crippen molar-refractivity contribution in [1.82, 2.24) is 9.97 Å². The molecule has 29 heavy (non-hydrogen) atoms. The Morgan fingerprint density at radius 1 is 1.07 bits per heavy atom. The highest BCUT2D eigenvalue weighted by molar-refractivity contribution is 5.83. The van der Waals surface area contributed by atoms with E-state index < -0.39 is 0 Å². The van der Waals surface area contributed by atoms with Crippen molar-refractivity contribution in [2.24, 2.45) is 16.6 Å². The molecule has 0 unspecified atom stereocenters. The monoisotopic (exact) mass is 391 g/mol. The number of nitrogens with zero attached hydrogens (tertiary/aromatic N) is 3. The molecule has 0 radical (unpaired) electrons. The average Bonchev–Trinajstić information content (AvgIpc) is 2.74. The minimum Gasteiger partial charge on any atom is -0.476 e. The number of aromatic nitrogens is 2. The predicted octanol–water partition coefficient (Wildman–Crippen LogP) is 5.09. The van der Waals surface area contributed by atoms with E-state index in [2.05, 4.69) is 28.6 Å². The van der Waals surface area contributed by atoms with Crippen LogP contribution >= 0.6 is 0 Å². The van der Waals surface area contributed by atoms with E-state index in [-0.39, 0.29) is 6.73 Å². The van der Waals surface area contributed by atoms with Crippen molar-refractivity contribution < 1.29 is 4.74 Å². The lowest BCUT2D eigenvalue weighted by molar-refractivity contribution is 0.331. The van der Waals surface area contributed by atoms with Crippen LogP contribution in [0.5, 0.6) is 5.75 Å². The number of aliphatic imine (C=N–C) groups is 1. The maximum atomic E-state index is 5.69. The van der Waals surface area contributed by atoms with Gasteiger partial charge in [0.15, 0.2) is 0 Å². The third kappa shape index (κ3) is 5.51. The van der Waals surface area contributed by atoms with Gasteiger partial charge in [-0.15, -0.1) is 0 Å². The maximum Gasteiger partial charge on any atom is 0.146 e. The Hall–Kier alpha value is -2.99. The Balaban J connectivity index is 0.000000290. The zero-order chi connectivity index (χ0) is 20.6. The van der Waals surface area contributed by atoms with E-state index in [1.165, 1.54) is 32.1 Å². The predicted molar refractivity (Wildman–Crippen MR) is 121 cm³/mol. The molecular weight excluding hydrogens is 362 g/mol. The highest BCUT2D eigenvalue weighted by atomic mass is 16.5. The molecule has 0 atom stereocenters. The van der Waals surface area contributed by atoms with Gasteiger partial charge in [-0.25, -0.2) is 4.98 Å². The van der Waals surface area contributed by atoms with Crippen LogP contribution in [0.15, 0.2) is 47.6 Å². The van der Waals surface area contributed by atoms with Crippen molar-refractivity contribution in [2.75, 3.05) is 12.5 Å². The van der Waals surface area contributed by atoms with Crippen LogP contribution < -0.4 is 16.2 Å². The fourth-order valence-corrected chi connectivity index (χ4v) is 3.54. The van der Waals surface area contributed by atoms with Crippen molar-refractivity contribution in [2.45, 2.75) is 39.0 Å². The third-order valence-electron chi connectivity index (χ3n) is 5.16. The molecule has 2 aromatic carbocycles. The number of hydrogen-bond donors (Lipinski definition) is 2. The number of nitrogens with two attached hydrogens (primary N) is 2. The SMILES string of the molecule is C=Nc1cc(-c2ccc3ncc(N)nc3c2)ccc1OCN.CC1CCCCC1. The van der Waals surface area contributed by atoms with Gasteiger partial charge < -0.3 is 10.5 Å². The standard InChI is InChI=1S/C16H15N5O.C7H14/c1-19-14-7-11(3-5-15(14)22-9-17)10-2-4-12-13(6-10)21-16(18)8-20-12;1-7-5-3-2-4-6-7/h2-8H,1,9,17H2,(H2,18,21);7H,2-6H2,1H3. The van der Waals surface area contributed by atoms with Gasteiger partial charge in [0.25, 0.3) is 0 Å². The zero-order valence-corrected chi connectivity index (χ0v) is 17.0. The summed E-state index contributed by atoms with van der Waals surface area (Å²) in [6.45, 7) is 6.01. The summed E-state index contributed by atoms with van der Waals surface area (Å²) in [6, 6.07) is 11.5. The number of benzene rings is 2. The molecular formula is C23H29N5O. The Kier molecular flexibility index (Phi) is 7.14. The largest absolute Gasteiger partial charge is 0.476 e. The molecule has 6 nitrogen and oxygen atoms in total. The normalized spacial score (nSPS) is 14.1. The van der Waals surface area contributed by atoms with Crippen LogP contribution in [-0.2, 0) is 0 Å². The summed E-state index contributed by atoms with van der Waals surface area (Å²) in [6.07, 6.45) is 8.98. The van der Waals surface area contributed by atoms with Gasteiger partial charge in [-0.2, -0.15) is 0 Å². The molecule has 0 amide bonds. The topological polar surface area (TPSA) is 99.4 Å². The second-order valence-electron chi connectivity index (χ2n) is 7.39. The molecule has 1 aromatic heterocycles. The molecule has 1 saturated carbocycles. The fraction of sp³-hybridized carbons (Fsp3) is 0.348. The summed E-state index contributed by atoms with van der Waals surface area (Å²) in [4.78, 5) is 12.5. The molecule has 0 spiro atoms. The first kappa shape index (κ1) is 20.7. The minimum absolute atomic E-state index is 0.0900.